The maximum absolute atomic E-state index is 12.1. The van der Waals surface area contributed by atoms with E-state index in [1.54, 1.807) is 4.90 Å². The highest BCUT2D eigenvalue weighted by molar-refractivity contribution is 6.02. The molecule has 0 radical (unpaired) electrons. The molecule has 0 spiro atoms. The largest absolute Gasteiger partial charge is 0.573 e. The summed E-state index contributed by atoms with van der Waals surface area (Å²) in [5, 5.41) is 30.3. The number of nitrogens with zero attached hydrogens (tertiary/aromatic N) is 1. The predicted octanol–water partition coefficient (Wildman–Crippen LogP) is 1.91. The maximum Gasteiger partial charge on any atom is 0.573 e. The molecule has 0 saturated carbocycles. The van der Waals surface area contributed by atoms with Crippen molar-refractivity contribution in [1.29, 1.82) is 10.8 Å². The van der Waals surface area contributed by atoms with Crippen LogP contribution >= 0.6 is 0 Å². The van der Waals surface area contributed by atoms with Crippen molar-refractivity contribution in [2.75, 3.05) is 18.4 Å². The third-order valence-electron chi connectivity index (χ3n) is 3.38. The number of benzene rings is 1. The number of anilines is 1. The van der Waals surface area contributed by atoms with Gasteiger partial charge in [0.2, 0.25) is 0 Å². The standard InChI is InChI=1S/C14H18F3N5O2/c15-14(16,17)24-11-3-1-9(2-4-11)20-12(18)21-13(19)22-7-5-10(23)6-8-22/h1-4,10,23H,5-8H2,(H4,18,19,20,21). The molecule has 1 aliphatic heterocycles. The molecular formula is C14H18F3N5O2. The first-order valence-corrected chi connectivity index (χ1v) is 7.23. The lowest BCUT2D eigenvalue weighted by Crippen LogP contribution is -2.49. The minimum Gasteiger partial charge on any atom is -0.406 e. The van der Waals surface area contributed by atoms with Crippen molar-refractivity contribution in [3.63, 3.8) is 0 Å². The fourth-order valence-corrected chi connectivity index (χ4v) is 2.20. The molecule has 132 valence electrons. The number of aliphatic hydroxyl groups is 1. The number of alkyl halides is 3. The summed E-state index contributed by atoms with van der Waals surface area (Å²) >= 11 is 0. The fourth-order valence-electron chi connectivity index (χ4n) is 2.20. The van der Waals surface area contributed by atoms with Gasteiger partial charge in [-0.1, -0.05) is 0 Å². The Bertz CT molecular complexity index is 583. The maximum atomic E-state index is 12.1. The van der Waals surface area contributed by atoms with E-state index < -0.39 is 6.36 Å². The zero-order valence-electron chi connectivity index (χ0n) is 12.7. The summed E-state index contributed by atoms with van der Waals surface area (Å²) in [7, 11) is 0. The monoisotopic (exact) mass is 345 g/mol. The molecule has 10 heteroatoms. The van der Waals surface area contributed by atoms with Gasteiger partial charge in [0.1, 0.15) is 5.75 Å². The quantitative estimate of drug-likeness (QED) is 0.416. The molecule has 2 rings (SSSR count). The summed E-state index contributed by atoms with van der Waals surface area (Å²) in [6, 6.07) is 4.91. The molecule has 0 atom stereocenters. The topological polar surface area (TPSA) is 104 Å². The minimum absolute atomic E-state index is 0.0245. The van der Waals surface area contributed by atoms with Gasteiger partial charge in [-0.2, -0.15) is 0 Å². The number of hydrogen-bond donors (Lipinski definition) is 5. The van der Waals surface area contributed by atoms with Crippen molar-refractivity contribution in [3.05, 3.63) is 24.3 Å². The van der Waals surface area contributed by atoms with Crippen LogP contribution < -0.4 is 15.4 Å². The fraction of sp³-hybridized carbons (Fsp3) is 0.429. The number of piperidine rings is 1. The highest BCUT2D eigenvalue weighted by atomic mass is 19.4. The van der Waals surface area contributed by atoms with E-state index in [1.165, 1.54) is 12.1 Å². The first-order chi connectivity index (χ1) is 11.2. The van der Waals surface area contributed by atoms with Crippen molar-refractivity contribution in [2.24, 2.45) is 0 Å². The average Bonchev–Trinajstić information content (AvgIpc) is 2.48. The molecule has 0 aromatic heterocycles. The first kappa shape index (κ1) is 17.9. The summed E-state index contributed by atoms with van der Waals surface area (Å²) in [4.78, 5) is 1.70. The van der Waals surface area contributed by atoms with Gasteiger partial charge in [0.05, 0.1) is 6.10 Å². The van der Waals surface area contributed by atoms with E-state index in [4.69, 9.17) is 10.8 Å². The summed E-state index contributed by atoms with van der Waals surface area (Å²) < 4.78 is 40.0. The molecule has 5 N–H and O–H groups in total. The lowest BCUT2D eigenvalue weighted by Gasteiger charge is -2.31. The summed E-state index contributed by atoms with van der Waals surface area (Å²) in [5.41, 5.74) is 0.379. The Kier molecular flexibility index (Phi) is 5.50. The van der Waals surface area contributed by atoms with Gasteiger partial charge in [-0.15, -0.1) is 13.2 Å². The van der Waals surface area contributed by atoms with Gasteiger partial charge in [0, 0.05) is 18.8 Å². The average molecular weight is 345 g/mol. The zero-order valence-corrected chi connectivity index (χ0v) is 12.7. The van der Waals surface area contributed by atoms with Crippen molar-refractivity contribution in [2.45, 2.75) is 25.3 Å². The molecule has 0 aliphatic carbocycles. The SMILES string of the molecule is N=C(NC(=N)N1CCC(O)CC1)Nc1ccc(OC(F)(F)F)cc1. The number of halogens is 3. The lowest BCUT2D eigenvalue weighted by atomic mass is 10.1. The van der Waals surface area contributed by atoms with Crippen molar-refractivity contribution < 1.29 is 23.0 Å². The molecule has 0 unspecified atom stereocenters. The minimum atomic E-state index is -4.75. The highest BCUT2D eigenvalue weighted by Crippen LogP contribution is 2.23. The second kappa shape index (κ2) is 7.39. The highest BCUT2D eigenvalue weighted by Gasteiger charge is 2.31. The molecular weight excluding hydrogens is 327 g/mol. The Morgan fingerprint density at radius 3 is 2.29 bits per heavy atom. The molecule has 1 aromatic carbocycles. The molecule has 24 heavy (non-hydrogen) atoms. The van der Waals surface area contributed by atoms with Gasteiger partial charge in [-0.05, 0) is 37.1 Å². The normalized spacial score (nSPS) is 15.8. The molecule has 0 bridgehead atoms. The van der Waals surface area contributed by atoms with Gasteiger partial charge in [-0.3, -0.25) is 16.1 Å². The van der Waals surface area contributed by atoms with Gasteiger partial charge in [-0.25, -0.2) is 0 Å². The van der Waals surface area contributed by atoms with Gasteiger partial charge in [0.25, 0.3) is 0 Å². The third-order valence-corrected chi connectivity index (χ3v) is 3.38. The number of likely N-dealkylation sites (tertiary alicyclic amines) is 1. The van der Waals surface area contributed by atoms with Gasteiger partial charge >= 0.3 is 6.36 Å². The van der Waals surface area contributed by atoms with Crippen molar-refractivity contribution >= 4 is 17.6 Å². The second-order valence-electron chi connectivity index (χ2n) is 5.26. The second-order valence-corrected chi connectivity index (χ2v) is 5.26. The Morgan fingerprint density at radius 2 is 1.75 bits per heavy atom. The Balaban J connectivity index is 1.82. The summed E-state index contributed by atoms with van der Waals surface area (Å²) in [6.45, 7) is 1.04. The van der Waals surface area contributed by atoms with Crippen LogP contribution in [-0.2, 0) is 0 Å². The van der Waals surface area contributed by atoms with E-state index in [1.807, 2.05) is 0 Å². The van der Waals surface area contributed by atoms with E-state index in [-0.39, 0.29) is 23.8 Å². The van der Waals surface area contributed by atoms with E-state index in [0.717, 1.165) is 12.1 Å². The molecule has 1 heterocycles. The Morgan fingerprint density at radius 1 is 1.17 bits per heavy atom. The van der Waals surface area contributed by atoms with Gasteiger partial charge in [0.15, 0.2) is 11.9 Å². The van der Waals surface area contributed by atoms with E-state index in [0.29, 0.717) is 31.6 Å². The van der Waals surface area contributed by atoms with Crippen LogP contribution in [0.2, 0.25) is 0 Å². The third kappa shape index (κ3) is 5.61. The molecule has 1 fully saturated rings. The summed E-state index contributed by atoms with van der Waals surface area (Å²) in [5.74, 6) is -0.515. The number of aliphatic hydroxyl groups excluding tert-OH is 1. The number of guanidine groups is 2. The number of ether oxygens (including phenoxy) is 1. The van der Waals surface area contributed by atoms with Crippen LogP contribution in [0.5, 0.6) is 5.75 Å². The smallest absolute Gasteiger partial charge is 0.406 e. The molecule has 0 amide bonds. The summed E-state index contributed by atoms with van der Waals surface area (Å²) in [6.07, 6.45) is -3.99. The number of hydrogen-bond acceptors (Lipinski definition) is 4. The van der Waals surface area contributed by atoms with Crippen molar-refractivity contribution in [1.82, 2.24) is 10.2 Å². The van der Waals surface area contributed by atoms with Gasteiger partial charge < -0.3 is 20.1 Å². The molecule has 1 saturated heterocycles. The van der Waals surface area contributed by atoms with Crippen LogP contribution in [0.1, 0.15) is 12.8 Å². The number of nitrogens with one attached hydrogen (secondary N) is 4. The van der Waals surface area contributed by atoms with Crippen LogP contribution in [0.25, 0.3) is 0 Å². The molecule has 1 aromatic rings. The Labute approximate surface area is 136 Å². The van der Waals surface area contributed by atoms with Crippen molar-refractivity contribution in [3.8, 4) is 5.75 Å². The van der Waals surface area contributed by atoms with Crippen LogP contribution in [0.3, 0.4) is 0 Å². The van der Waals surface area contributed by atoms with E-state index >= 15 is 0 Å². The van der Waals surface area contributed by atoms with Crippen LogP contribution in [0.15, 0.2) is 24.3 Å². The predicted molar refractivity (Wildman–Crippen MR) is 82.2 cm³/mol. The van der Waals surface area contributed by atoms with E-state index in [9.17, 15) is 18.3 Å². The Hall–Kier alpha value is -2.49. The number of rotatable bonds is 2. The lowest BCUT2D eigenvalue weighted by molar-refractivity contribution is -0.274. The van der Waals surface area contributed by atoms with Crippen LogP contribution in [0.4, 0.5) is 18.9 Å². The van der Waals surface area contributed by atoms with E-state index in [2.05, 4.69) is 15.4 Å². The molecule has 7 nitrogen and oxygen atoms in total. The van der Waals surface area contributed by atoms with Crippen LogP contribution in [-0.4, -0.2) is 47.5 Å². The zero-order chi connectivity index (χ0) is 17.7. The molecule has 1 aliphatic rings. The first-order valence-electron chi connectivity index (χ1n) is 7.23. The van der Waals surface area contributed by atoms with Crippen LogP contribution in [0, 0.1) is 10.8 Å².